The van der Waals surface area contributed by atoms with E-state index >= 15 is 0 Å². The predicted molar refractivity (Wildman–Crippen MR) is 90.7 cm³/mol. The third kappa shape index (κ3) is 4.32. The summed E-state index contributed by atoms with van der Waals surface area (Å²) < 4.78 is 31.0. The first-order valence-electron chi connectivity index (χ1n) is 8.21. The average molecular weight is 338 g/mol. The molecule has 0 radical (unpaired) electrons. The minimum Gasteiger partial charge on any atom is -0.372 e. The van der Waals surface area contributed by atoms with Crippen molar-refractivity contribution in [2.24, 2.45) is 5.92 Å². The minimum atomic E-state index is -3.11. The van der Waals surface area contributed by atoms with Crippen molar-refractivity contribution in [3.63, 3.8) is 0 Å². The first-order chi connectivity index (χ1) is 10.9. The Balaban J connectivity index is 1.44. The zero-order valence-electron chi connectivity index (χ0n) is 13.9. The van der Waals surface area contributed by atoms with E-state index in [9.17, 15) is 8.42 Å². The van der Waals surface area contributed by atoms with Crippen molar-refractivity contribution < 1.29 is 13.2 Å². The van der Waals surface area contributed by atoms with E-state index in [4.69, 9.17) is 4.74 Å². The van der Waals surface area contributed by atoms with Gasteiger partial charge < -0.3 is 4.74 Å². The van der Waals surface area contributed by atoms with Crippen LogP contribution < -0.4 is 4.72 Å². The number of hydrogen-bond donors (Lipinski definition) is 1. The first-order valence-corrected chi connectivity index (χ1v) is 10.1. The number of sulfonamides is 1. The summed E-state index contributed by atoms with van der Waals surface area (Å²) >= 11 is 0. The number of ether oxygens (including phenoxy) is 1. The van der Waals surface area contributed by atoms with Gasteiger partial charge in [0, 0.05) is 26.2 Å². The normalized spacial score (nSPS) is 24.5. The number of hydrogen-bond acceptors (Lipinski definition) is 4. The van der Waals surface area contributed by atoms with Crippen molar-refractivity contribution in [1.29, 1.82) is 0 Å². The van der Waals surface area contributed by atoms with Gasteiger partial charge in [0.15, 0.2) is 0 Å². The Bertz CT molecular complexity index is 644. The molecule has 1 N–H and O–H groups in total. The van der Waals surface area contributed by atoms with Gasteiger partial charge in [0.1, 0.15) is 0 Å². The molecule has 0 aromatic heterocycles. The molecule has 1 atom stereocenters. The number of benzene rings is 1. The number of aryl methyl sites for hydroxylation is 1. The molecule has 0 amide bonds. The van der Waals surface area contributed by atoms with E-state index < -0.39 is 10.0 Å². The monoisotopic (exact) mass is 338 g/mol. The molecular weight excluding hydrogens is 312 g/mol. The van der Waals surface area contributed by atoms with E-state index in [1.54, 1.807) is 0 Å². The van der Waals surface area contributed by atoms with Crippen LogP contribution in [0.5, 0.6) is 0 Å². The summed E-state index contributed by atoms with van der Waals surface area (Å²) in [5, 5.41) is 0. The van der Waals surface area contributed by atoms with Gasteiger partial charge in [-0.15, -0.1) is 0 Å². The zero-order chi connectivity index (χ0) is 16.5. The summed E-state index contributed by atoms with van der Waals surface area (Å²) in [5.41, 5.74) is 2.72. The second-order valence-electron chi connectivity index (χ2n) is 7.09. The molecule has 23 heavy (non-hydrogen) atoms. The van der Waals surface area contributed by atoms with Crippen LogP contribution in [0, 0.1) is 12.8 Å². The van der Waals surface area contributed by atoms with Gasteiger partial charge in [-0.1, -0.05) is 24.3 Å². The Hall–Kier alpha value is -0.950. The van der Waals surface area contributed by atoms with Crippen LogP contribution in [-0.4, -0.2) is 51.4 Å². The summed E-state index contributed by atoms with van der Waals surface area (Å²) in [5.74, 6) is 0.292. The molecule has 2 aliphatic rings. The summed E-state index contributed by atoms with van der Waals surface area (Å²) in [6.45, 7) is 6.24. The highest BCUT2D eigenvalue weighted by molar-refractivity contribution is 7.88. The summed E-state index contributed by atoms with van der Waals surface area (Å²) in [6.07, 6.45) is 3.25. The van der Waals surface area contributed by atoms with Gasteiger partial charge in [-0.3, -0.25) is 4.90 Å². The van der Waals surface area contributed by atoms with Gasteiger partial charge >= 0.3 is 0 Å². The zero-order valence-corrected chi connectivity index (χ0v) is 14.7. The Morgan fingerprint density at radius 3 is 2.70 bits per heavy atom. The second kappa shape index (κ2) is 6.51. The smallest absolute Gasteiger partial charge is 0.208 e. The maximum absolute atomic E-state index is 11.2. The lowest BCUT2D eigenvalue weighted by Gasteiger charge is -2.53. The molecular formula is C17H26N2O3S. The van der Waals surface area contributed by atoms with Crippen molar-refractivity contribution in [2.75, 3.05) is 32.5 Å². The van der Waals surface area contributed by atoms with Gasteiger partial charge in [-0.05, 0) is 36.8 Å². The van der Waals surface area contributed by atoms with Gasteiger partial charge in [0.2, 0.25) is 10.0 Å². The lowest BCUT2D eigenvalue weighted by molar-refractivity contribution is -0.181. The number of nitrogens with one attached hydrogen (secondary N) is 1. The second-order valence-corrected chi connectivity index (χ2v) is 8.92. The molecule has 1 aromatic rings. The van der Waals surface area contributed by atoms with Crippen molar-refractivity contribution in [2.45, 2.75) is 31.9 Å². The maximum atomic E-state index is 11.2. The van der Waals surface area contributed by atoms with Gasteiger partial charge in [0.05, 0.1) is 18.5 Å². The fourth-order valence-electron chi connectivity index (χ4n) is 3.51. The number of likely N-dealkylation sites (tertiary alicyclic amines) is 1. The third-order valence-corrected chi connectivity index (χ3v) is 5.64. The highest BCUT2D eigenvalue weighted by Crippen LogP contribution is 2.36. The molecule has 1 unspecified atom stereocenters. The first kappa shape index (κ1) is 16.9. The highest BCUT2D eigenvalue weighted by Gasteiger charge is 2.46. The minimum absolute atomic E-state index is 0.00424. The molecule has 6 heteroatoms. The van der Waals surface area contributed by atoms with Gasteiger partial charge in [-0.25, -0.2) is 13.1 Å². The van der Waals surface area contributed by atoms with Gasteiger partial charge in [-0.2, -0.15) is 0 Å². The average Bonchev–Trinajstić information content (AvgIpc) is 2.46. The van der Waals surface area contributed by atoms with Crippen LogP contribution >= 0.6 is 0 Å². The van der Waals surface area contributed by atoms with E-state index in [2.05, 4.69) is 40.8 Å². The fourth-order valence-corrected chi connectivity index (χ4v) is 4.04. The van der Waals surface area contributed by atoms with Crippen LogP contribution in [0.3, 0.4) is 0 Å². The van der Waals surface area contributed by atoms with Crippen LogP contribution in [0.25, 0.3) is 0 Å². The molecule has 3 rings (SSSR count). The molecule has 2 saturated heterocycles. The molecule has 5 nitrogen and oxygen atoms in total. The molecule has 2 heterocycles. The Morgan fingerprint density at radius 1 is 1.35 bits per heavy atom. The topological polar surface area (TPSA) is 58.6 Å². The fraction of sp³-hybridized carbons (Fsp3) is 0.647. The lowest BCUT2D eigenvalue weighted by Crippen LogP contribution is -2.64. The van der Waals surface area contributed by atoms with E-state index in [1.165, 1.54) is 17.4 Å². The van der Waals surface area contributed by atoms with Crippen molar-refractivity contribution in [3.05, 3.63) is 35.4 Å². The Kier molecular flexibility index (Phi) is 4.78. The number of nitrogens with zero attached hydrogens (tertiary/aromatic N) is 1. The molecule has 2 aliphatic heterocycles. The van der Waals surface area contributed by atoms with Crippen molar-refractivity contribution in [3.8, 4) is 0 Å². The summed E-state index contributed by atoms with van der Waals surface area (Å²) in [6, 6.07) is 8.51. The van der Waals surface area contributed by atoms with Crippen LogP contribution in [0.4, 0.5) is 0 Å². The number of rotatable bonds is 5. The largest absolute Gasteiger partial charge is 0.372 e. The SMILES string of the molecule is Cc1ccccc1CN1CC2(CCC(CNS(C)(=O)=O)CO2)C1. The third-order valence-electron chi connectivity index (χ3n) is 4.95. The van der Waals surface area contributed by atoms with Crippen molar-refractivity contribution >= 4 is 10.0 Å². The molecule has 0 saturated carbocycles. The van der Waals surface area contributed by atoms with E-state index in [1.807, 2.05) is 0 Å². The highest BCUT2D eigenvalue weighted by atomic mass is 32.2. The molecule has 0 bridgehead atoms. The molecule has 128 valence electrons. The van der Waals surface area contributed by atoms with Crippen LogP contribution in [0.1, 0.15) is 24.0 Å². The quantitative estimate of drug-likeness (QED) is 0.884. The molecule has 2 fully saturated rings. The Morgan fingerprint density at radius 2 is 2.09 bits per heavy atom. The Labute approximate surface area is 139 Å². The molecule has 1 aromatic carbocycles. The standard InChI is InChI=1S/C17H26N2O3S/c1-14-5-3-4-6-16(14)10-19-12-17(13-19)8-7-15(11-22-17)9-18-23(2,20)21/h3-6,15,18H,7-13H2,1-2H3. The van der Waals surface area contributed by atoms with E-state index in [0.29, 0.717) is 19.1 Å². The lowest BCUT2D eigenvalue weighted by atomic mass is 9.82. The molecule has 0 aliphatic carbocycles. The summed E-state index contributed by atoms with van der Waals surface area (Å²) in [7, 11) is -3.11. The van der Waals surface area contributed by atoms with Crippen LogP contribution in [0.15, 0.2) is 24.3 Å². The van der Waals surface area contributed by atoms with E-state index in [0.717, 1.165) is 32.5 Å². The maximum Gasteiger partial charge on any atom is 0.208 e. The van der Waals surface area contributed by atoms with Crippen molar-refractivity contribution in [1.82, 2.24) is 9.62 Å². The summed E-state index contributed by atoms with van der Waals surface area (Å²) in [4.78, 5) is 2.43. The predicted octanol–water partition coefficient (Wildman–Crippen LogP) is 1.53. The van der Waals surface area contributed by atoms with Crippen LogP contribution in [-0.2, 0) is 21.3 Å². The molecule has 1 spiro atoms. The van der Waals surface area contributed by atoms with E-state index in [-0.39, 0.29) is 5.60 Å². The van der Waals surface area contributed by atoms with Crippen LogP contribution in [0.2, 0.25) is 0 Å². The van der Waals surface area contributed by atoms with Gasteiger partial charge in [0.25, 0.3) is 0 Å².